The zero-order valence-corrected chi connectivity index (χ0v) is 12.3. The molecule has 0 aliphatic carbocycles. The Morgan fingerprint density at radius 1 is 1.29 bits per heavy atom. The summed E-state index contributed by atoms with van der Waals surface area (Å²) in [4.78, 5) is 5.95. The van der Waals surface area contributed by atoms with E-state index in [9.17, 15) is 10.4 Å². The second kappa shape index (κ2) is 6.87. The van der Waals surface area contributed by atoms with Gasteiger partial charge in [0.15, 0.2) is 0 Å². The van der Waals surface area contributed by atoms with Gasteiger partial charge < -0.3 is 5.11 Å². The molecule has 0 saturated heterocycles. The molecule has 2 rings (SSSR count). The quantitative estimate of drug-likeness (QED) is 0.915. The molecule has 1 unspecified atom stereocenters. The van der Waals surface area contributed by atoms with Crippen LogP contribution in [0, 0.1) is 18.3 Å². The van der Waals surface area contributed by atoms with Crippen LogP contribution in [0.4, 0.5) is 0 Å². The Hall–Kier alpha value is -2.38. The van der Waals surface area contributed by atoms with E-state index in [1.54, 1.807) is 18.5 Å². The number of hydrogen-bond donors (Lipinski definition) is 1. The minimum atomic E-state index is -0.452. The summed E-state index contributed by atoms with van der Waals surface area (Å²) >= 11 is 0. The van der Waals surface area contributed by atoms with Crippen molar-refractivity contribution in [3.8, 4) is 11.8 Å². The van der Waals surface area contributed by atoms with Crippen LogP contribution in [0.5, 0.6) is 5.75 Å². The normalized spacial score (nSPS) is 12.1. The van der Waals surface area contributed by atoms with E-state index in [2.05, 4.69) is 11.1 Å². The minimum absolute atomic E-state index is 0.169. The lowest BCUT2D eigenvalue weighted by atomic mass is 10.0. The molecule has 0 spiro atoms. The average Bonchev–Trinajstić information content (AvgIpc) is 2.50. The van der Waals surface area contributed by atoms with Crippen molar-refractivity contribution < 1.29 is 5.11 Å². The molecule has 1 atom stereocenters. The van der Waals surface area contributed by atoms with E-state index in [1.807, 2.05) is 43.1 Å². The fourth-order valence-electron chi connectivity index (χ4n) is 2.28. The van der Waals surface area contributed by atoms with Gasteiger partial charge in [-0.3, -0.25) is 9.88 Å². The van der Waals surface area contributed by atoms with Crippen LogP contribution >= 0.6 is 0 Å². The predicted octanol–water partition coefficient (Wildman–Crippen LogP) is 2.83. The van der Waals surface area contributed by atoms with Crippen molar-refractivity contribution in [3.63, 3.8) is 0 Å². The van der Waals surface area contributed by atoms with Crippen molar-refractivity contribution in [2.24, 2.45) is 0 Å². The smallest absolute Gasteiger partial charge is 0.127 e. The number of nitrogens with zero attached hydrogens (tertiary/aromatic N) is 3. The summed E-state index contributed by atoms with van der Waals surface area (Å²) in [5.74, 6) is 0.169. The van der Waals surface area contributed by atoms with Gasteiger partial charge in [0, 0.05) is 24.5 Å². The Morgan fingerprint density at radius 3 is 2.67 bits per heavy atom. The number of pyridine rings is 1. The highest BCUT2D eigenvalue weighted by Crippen LogP contribution is 2.28. The standard InChI is InChI=1S/C17H19N3O/c1-13-3-4-17(21)15(11-13)16(12-18)20(2)10-7-14-5-8-19-9-6-14/h3-6,8-9,11,16,21H,7,10H2,1-2H3. The molecular formula is C17H19N3O. The number of phenols is 1. The lowest BCUT2D eigenvalue weighted by Crippen LogP contribution is -2.26. The molecule has 0 bridgehead atoms. The SMILES string of the molecule is Cc1ccc(O)c(C(C#N)N(C)CCc2ccncc2)c1. The van der Waals surface area contributed by atoms with Crippen molar-refractivity contribution in [2.45, 2.75) is 19.4 Å². The first kappa shape index (κ1) is 15.0. The van der Waals surface area contributed by atoms with E-state index in [4.69, 9.17) is 0 Å². The highest BCUT2D eigenvalue weighted by atomic mass is 16.3. The van der Waals surface area contributed by atoms with Crippen molar-refractivity contribution in [1.29, 1.82) is 5.26 Å². The van der Waals surface area contributed by atoms with Gasteiger partial charge in [0.1, 0.15) is 11.8 Å². The second-order valence-electron chi connectivity index (χ2n) is 5.18. The van der Waals surface area contributed by atoms with Gasteiger partial charge in [0.25, 0.3) is 0 Å². The second-order valence-corrected chi connectivity index (χ2v) is 5.18. The number of phenolic OH excluding ortho intramolecular Hbond substituents is 1. The maximum Gasteiger partial charge on any atom is 0.127 e. The Morgan fingerprint density at radius 2 is 2.00 bits per heavy atom. The van der Waals surface area contributed by atoms with Gasteiger partial charge in [-0.05, 0) is 50.2 Å². The minimum Gasteiger partial charge on any atom is -0.508 e. The number of nitriles is 1. The molecule has 1 aromatic heterocycles. The maximum absolute atomic E-state index is 9.98. The van der Waals surface area contributed by atoms with E-state index < -0.39 is 6.04 Å². The summed E-state index contributed by atoms with van der Waals surface area (Å²) in [5, 5.41) is 19.4. The summed E-state index contributed by atoms with van der Waals surface area (Å²) in [7, 11) is 1.90. The molecule has 21 heavy (non-hydrogen) atoms. The molecule has 0 aliphatic heterocycles. The van der Waals surface area contributed by atoms with Crippen molar-refractivity contribution >= 4 is 0 Å². The Kier molecular flexibility index (Phi) is 4.91. The molecule has 1 aromatic carbocycles. The number of aryl methyl sites for hydroxylation is 1. The number of hydrogen-bond acceptors (Lipinski definition) is 4. The van der Waals surface area contributed by atoms with E-state index in [1.165, 1.54) is 5.56 Å². The monoisotopic (exact) mass is 281 g/mol. The van der Waals surface area contributed by atoms with Gasteiger partial charge in [0.05, 0.1) is 6.07 Å². The predicted molar refractivity (Wildman–Crippen MR) is 81.8 cm³/mol. The third-order valence-corrected chi connectivity index (χ3v) is 3.54. The third kappa shape index (κ3) is 3.80. The number of aromatic hydroxyl groups is 1. The Labute approximate surface area is 125 Å². The summed E-state index contributed by atoms with van der Waals surface area (Å²) in [6.07, 6.45) is 4.37. The molecule has 0 amide bonds. The lowest BCUT2D eigenvalue weighted by molar-refractivity contribution is 0.289. The Balaban J connectivity index is 2.10. The van der Waals surface area contributed by atoms with Gasteiger partial charge >= 0.3 is 0 Å². The molecule has 0 radical (unpaired) electrons. The average molecular weight is 281 g/mol. The Bertz CT molecular complexity index is 634. The van der Waals surface area contributed by atoms with Crippen LogP contribution in [0.2, 0.25) is 0 Å². The lowest BCUT2D eigenvalue weighted by Gasteiger charge is -2.23. The summed E-state index contributed by atoms with van der Waals surface area (Å²) < 4.78 is 0. The molecule has 1 heterocycles. The van der Waals surface area contributed by atoms with Crippen molar-refractivity contribution in [2.75, 3.05) is 13.6 Å². The highest BCUT2D eigenvalue weighted by molar-refractivity contribution is 5.40. The molecule has 1 N–H and O–H groups in total. The van der Waals surface area contributed by atoms with Crippen LogP contribution in [0.3, 0.4) is 0 Å². The molecular weight excluding hydrogens is 262 g/mol. The first-order valence-electron chi connectivity index (χ1n) is 6.90. The summed E-state index contributed by atoms with van der Waals surface area (Å²) in [6.45, 7) is 2.68. The number of aromatic nitrogens is 1. The zero-order chi connectivity index (χ0) is 15.2. The highest BCUT2D eigenvalue weighted by Gasteiger charge is 2.19. The largest absolute Gasteiger partial charge is 0.508 e. The van der Waals surface area contributed by atoms with Gasteiger partial charge in [-0.2, -0.15) is 5.26 Å². The third-order valence-electron chi connectivity index (χ3n) is 3.54. The first-order chi connectivity index (χ1) is 10.1. The molecule has 2 aromatic rings. The summed E-state index contributed by atoms with van der Waals surface area (Å²) in [6, 6.07) is 11.1. The number of likely N-dealkylation sites (N-methyl/N-ethyl adjacent to an activating group) is 1. The van der Waals surface area contributed by atoms with E-state index in [0.29, 0.717) is 5.56 Å². The number of benzene rings is 1. The maximum atomic E-state index is 9.98. The van der Waals surface area contributed by atoms with E-state index in [0.717, 1.165) is 18.5 Å². The van der Waals surface area contributed by atoms with Crippen LogP contribution in [-0.4, -0.2) is 28.6 Å². The molecule has 4 nitrogen and oxygen atoms in total. The fraction of sp³-hybridized carbons (Fsp3) is 0.294. The summed E-state index contributed by atoms with van der Waals surface area (Å²) in [5.41, 5.74) is 2.88. The van der Waals surface area contributed by atoms with E-state index in [-0.39, 0.29) is 5.75 Å². The van der Waals surface area contributed by atoms with Gasteiger partial charge in [-0.25, -0.2) is 0 Å². The topological polar surface area (TPSA) is 60.1 Å². The van der Waals surface area contributed by atoms with Crippen molar-refractivity contribution in [1.82, 2.24) is 9.88 Å². The van der Waals surface area contributed by atoms with E-state index >= 15 is 0 Å². The first-order valence-corrected chi connectivity index (χ1v) is 6.90. The van der Waals surface area contributed by atoms with Gasteiger partial charge in [-0.15, -0.1) is 0 Å². The van der Waals surface area contributed by atoms with Gasteiger partial charge in [0.2, 0.25) is 0 Å². The molecule has 108 valence electrons. The zero-order valence-electron chi connectivity index (χ0n) is 12.3. The molecule has 4 heteroatoms. The molecule has 0 fully saturated rings. The van der Waals surface area contributed by atoms with Crippen LogP contribution in [0.1, 0.15) is 22.7 Å². The fourth-order valence-corrected chi connectivity index (χ4v) is 2.28. The van der Waals surface area contributed by atoms with Crippen molar-refractivity contribution in [3.05, 3.63) is 59.4 Å². The van der Waals surface area contributed by atoms with Crippen LogP contribution < -0.4 is 0 Å². The van der Waals surface area contributed by atoms with Gasteiger partial charge in [-0.1, -0.05) is 11.6 Å². The van der Waals surface area contributed by atoms with Crippen LogP contribution in [-0.2, 0) is 6.42 Å². The van der Waals surface area contributed by atoms with Crippen LogP contribution in [0.25, 0.3) is 0 Å². The molecule has 0 aliphatic rings. The molecule has 0 saturated carbocycles. The van der Waals surface area contributed by atoms with Crippen LogP contribution in [0.15, 0.2) is 42.7 Å². The number of rotatable bonds is 5.